The van der Waals surface area contributed by atoms with Gasteiger partial charge in [0.2, 0.25) is 5.56 Å². The molecule has 0 atom stereocenters. The smallest absolute Gasteiger partial charge is 0.250 e. The average molecular weight is 531 g/mol. The average Bonchev–Trinajstić information content (AvgIpc) is 2.95. The summed E-state index contributed by atoms with van der Waals surface area (Å²) >= 11 is 3.50. The van der Waals surface area contributed by atoms with Crippen molar-refractivity contribution in [1.29, 1.82) is 0 Å². The standard InChI is InChI=1S/C28H26N4O3S2/c1-34-21-7-8-29-19(13-21)17-30-18-5-6-24-26(14-18)36-25-4-2-3-22(28(25)37-24)23-15-20(16-27(33)31-23)32-9-11-35-12-10-32/h2-8,13-16,30H,9-12,17H2,1H3,(H,31,33). The maximum absolute atomic E-state index is 12.6. The van der Waals surface area contributed by atoms with Gasteiger partial charge in [-0.1, -0.05) is 35.7 Å². The van der Waals surface area contributed by atoms with Gasteiger partial charge in [-0.25, -0.2) is 0 Å². The predicted molar refractivity (Wildman–Crippen MR) is 148 cm³/mol. The van der Waals surface area contributed by atoms with Crippen molar-refractivity contribution in [2.24, 2.45) is 0 Å². The molecule has 0 bridgehead atoms. The van der Waals surface area contributed by atoms with E-state index in [-0.39, 0.29) is 5.56 Å². The summed E-state index contributed by atoms with van der Waals surface area (Å²) in [6.45, 7) is 3.55. The highest BCUT2D eigenvalue weighted by Crippen LogP contribution is 2.52. The van der Waals surface area contributed by atoms with Crippen molar-refractivity contribution in [2.45, 2.75) is 26.1 Å². The first-order valence-corrected chi connectivity index (χ1v) is 13.7. The molecule has 0 unspecified atom stereocenters. The molecule has 0 spiro atoms. The summed E-state index contributed by atoms with van der Waals surface area (Å²) in [4.78, 5) is 27.0. The molecule has 2 aliphatic heterocycles. The molecule has 188 valence electrons. The highest BCUT2D eigenvalue weighted by molar-refractivity contribution is 8.05. The summed E-state index contributed by atoms with van der Waals surface area (Å²) in [7, 11) is 1.66. The van der Waals surface area contributed by atoms with Crippen molar-refractivity contribution in [3.05, 3.63) is 82.9 Å². The number of pyridine rings is 2. The van der Waals surface area contributed by atoms with Crippen LogP contribution in [0.5, 0.6) is 5.75 Å². The van der Waals surface area contributed by atoms with Gasteiger partial charge in [0, 0.05) is 67.9 Å². The van der Waals surface area contributed by atoms with Crippen LogP contribution < -0.4 is 20.5 Å². The van der Waals surface area contributed by atoms with Crippen LogP contribution in [-0.2, 0) is 11.3 Å². The molecule has 9 heteroatoms. The Kier molecular flexibility index (Phi) is 6.82. The van der Waals surface area contributed by atoms with Crippen LogP contribution in [0.3, 0.4) is 0 Å². The number of hydrogen-bond donors (Lipinski definition) is 2. The van der Waals surface area contributed by atoms with Crippen molar-refractivity contribution in [3.63, 3.8) is 0 Å². The summed E-state index contributed by atoms with van der Waals surface area (Å²) < 4.78 is 10.8. The highest BCUT2D eigenvalue weighted by atomic mass is 32.2. The Morgan fingerprint density at radius 1 is 1.03 bits per heavy atom. The first kappa shape index (κ1) is 24.0. The number of fused-ring (bicyclic) bond motifs is 2. The zero-order valence-corrected chi connectivity index (χ0v) is 22.0. The molecular weight excluding hydrogens is 504 g/mol. The van der Waals surface area contributed by atoms with Gasteiger partial charge in [0.05, 0.1) is 38.3 Å². The van der Waals surface area contributed by atoms with Crippen LogP contribution in [0.1, 0.15) is 5.69 Å². The van der Waals surface area contributed by atoms with Gasteiger partial charge < -0.3 is 24.7 Å². The minimum absolute atomic E-state index is 0.0910. The van der Waals surface area contributed by atoms with E-state index in [0.717, 1.165) is 52.1 Å². The van der Waals surface area contributed by atoms with Gasteiger partial charge >= 0.3 is 0 Å². The summed E-state index contributed by atoms with van der Waals surface area (Å²) in [5.74, 6) is 0.799. The normalized spacial score (nSPS) is 14.6. The quantitative estimate of drug-likeness (QED) is 0.298. The first-order valence-electron chi connectivity index (χ1n) is 12.1. The third-order valence-corrected chi connectivity index (χ3v) is 8.94. The molecule has 1 saturated heterocycles. The lowest BCUT2D eigenvalue weighted by Crippen LogP contribution is -2.36. The second-order valence-corrected chi connectivity index (χ2v) is 10.9. The van der Waals surface area contributed by atoms with E-state index in [0.29, 0.717) is 19.8 Å². The number of ether oxygens (including phenoxy) is 2. The maximum Gasteiger partial charge on any atom is 0.250 e. The van der Waals surface area contributed by atoms with E-state index >= 15 is 0 Å². The summed E-state index contributed by atoms with van der Waals surface area (Å²) in [6, 6.07) is 20.3. The van der Waals surface area contributed by atoms with Crippen LogP contribution in [0.2, 0.25) is 0 Å². The van der Waals surface area contributed by atoms with Gasteiger partial charge in [-0.3, -0.25) is 9.78 Å². The van der Waals surface area contributed by atoms with E-state index in [1.165, 1.54) is 14.7 Å². The fourth-order valence-corrected chi connectivity index (χ4v) is 6.89. The Labute approximate surface area is 223 Å². The zero-order valence-electron chi connectivity index (χ0n) is 20.3. The van der Waals surface area contributed by atoms with Crippen LogP contribution in [0.4, 0.5) is 11.4 Å². The largest absolute Gasteiger partial charge is 0.497 e. The molecule has 0 radical (unpaired) electrons. The number of benzene rings is 2. The lowest BCUT2D eigenvalue weighted by atomic mass is 10.1. The van der Waals surface area contributed by atoms with Crippen LogP contribution in [0.15, 0.2) is 91.2 Å². The molecule has 2 aliphatic rings. The predicted octanol–water partition coefficient (Wildman–Crippen LogP) is 5.51. The van der Waals surface area contributed by atoms with Gasteiger partial charge in [0.25, 0.3) is 0 Å². The number of nitrogens with zero attached hydrogens (tertiary/aromatic N) is 2. The molecule has 0 amide bonds. The highest BCUT2D eigenvalue weighted by Gasteiger charge is 2.22. The zero-order chi connectivity index (χ0) is 25.2. The molecular formula is C28H26N4O3S2. The molecule has 37 heavy (non-hydrogen) atoms. The summed E-state index contributed by atoms with van der Waals surface area (Å²) in [6.07, 6.45) is 1.76. The van der Waals surface area contributed by atoms with Crippen LogP contribution >= 0.6 is 23.5 Å². The van der Waals surface area contributed by atoms with E-state index in [9.17, 15) is 4.79 Å². The Morgan fingerprint density at radius 2 is 1.92 bits per heavy atom. The van der Waals surface area contributed by atoms with Crippen molar-refractivity contribution >= 4 is 34.9 Å². The molecule has 4 aromatic rings. The first-order chi connectivity index (χ1) is 18.2. The molecule has 2 aromatic carbocycles. The number of hydrogen-bond acceptors (Lipinski definition) is 8. The summed E-state index contributed by atoms with van der Waals surface area (Å²) in [5.41, 5.74) is 4.69. The molecule has 0 saturated carbocycles. The van der Waals surface area contributed by atoms with Gasteiger partial charge in [-0.2, -0.15) is 0 Å². The van der Waals surface area contributed by atoms with Crippen molar-refractivity contribution in [1.82, 2.24) is 9.97 Å². The number of anilines is 2. The Morgan fingerprint density at radius 3 is 2.78 bits per heavy atom. The molecule has 2 N–H and O–H groups in total. The van der Waals surface area contributed by atoms with Gasteiger partial charge in [-0.15, -0.1) is 0 Å². The minimum atomic E-state index is -0.0910. The maximum atomic E-state index is 12.6. The van der Waals surface area contributed by atoms with Crippen molar-refractivity contribution in [2.75, 3.05) is 43.6 Å². The van der Waals surface area contributed by atoms with Crippen LogP contribution in [0.25, 0.3) is 11.3 Å². The Hall–Kier alpha value is -3.40. The molecule has 2 aromatic heterocycles. The molecule has 6 rings (SSSR count). The third-order valence-electron chi connectivity index (χ3n) is 6.35. The monoisotopic (exact) mass is 530 g/mol. The number of aromatic nitrogens is 2. The fourth-order valence-electron chi connectivity index (χ4n) is 4.47. The molecule has 7 nitrogen and oxygen atoms in total. The van der Waals surface area contributed by atoms with Gasteiger partial charge in [0.1, 0.15) is 5.75 Å². The lowest BCUT2D eigenvalue weighted by Gasteiger charge is -2.29. The fraction of sp³-hybridized carbons (Fsp3) is 0.214. The Balaban J connectivity index is 1.25. The topological polar surface area (TPSA) is 79.5 Å². The van der Waals surface area contributed by atoms with E-state index in [1.54, 1.807) is 42.9 Å². The second kappa shape index (κ2) is 10.5. The Bertz CT molecular complexity index is 1500. The van der Waals surface area contributed by atoms with E-state index in [1.807, 2.05) is 12.1 Å². The minimum Gasteiger partial charge on any atom is -0.497 e. The van der Waals surface area contributed by atoms with Crippen molar-refractivity contribution in [3.8, 4) is 17.0 Å². The number of morpholine rings is 1. The van der Waals surface area contributed by atoms with Gasteiger partial charge in [0.15, 0.2) is 0 Å². The second-order valence-electron chi connectivity index (χ2n) is 8.75. The molecule has 4 heterocycles. The lowest BCUT2D eigenvalue weighted by molar-refractivity contribution is 0.122. The number of methoxy groups -OCH3 is 1. The summed E-state index contributed by atoms with van der Waals surface area (Å²) in [5, 5.41) is 3.47. The number of rotatable bonds is 6. The van der Waals surface area contributed by atoms with E-state index in [4.69, 9.17) is 9.47 Å². The number of H-pyrrole nitrogens is 1. The number of nitrogens with one attached hydrogen (secondary N) is 2. The SMILES string of the molecule is COc1ccnc(CNc2ccc3c(c2)Sc2cccc(-c4cc(N5CCOCC5)cc(=O)[nH]4)c2S3)c1. The van der Waals surface area contributed by atoms with Crippen molar-refractivity contribution < 1.29 is 9.47 Å². The van der Waals surface area contributed by atoms with Crippen LogP contribution in [0, 0.1) is 0 Å². The molecule has 0 aliphatic carbocycles. The third kappa shape index (κ3) is 5.20. The van der Waals surface area contributed by atoms with E-state index < -0.39 is 0 Å². The van der Waals surface area contributed by atoms with Crippen LogP contribution in [-0.4, -0.2) is 43.4 Å². The van der Waals surface area contributed by atoms with Gasteiger partial charge in [-0.05, 0) is 36.4 Å². The van der Waals surface area contributed by atoms with E-state index in [2.05, 4.69) is 62.6 Å². The molecule has 1 fully saturated rings. The number of aromatic amines is 1.